The Kier molecular flexibility index (Phi) is 6.45. The minimum Gasteiger partial charge on any atom is -0.367 e. The number of rotatable bonds is 8. The summed E-state index contributed by atoms with van der Waals surface area (Å²) in [5, 5.41) is 3.02. The lowest BCUT2D eigenvalue weighted by Crippen LogP contribution is -2.38. The molecule has 176 valence electrons. The summed E-state index contributed by atoms with van der Waals surface area (Å²) in [4.78, 5) is 19.6. The fraction of sp³-hybridized carbons (Fsp3) is 0.417. The molecule has 33 heavy (non-hydrogen) atoms. The van der Waals surface area contributed by atoms with Gasteiger partial charge in [0.15, 0.2) is 0 Å². The zero-order valence-corrected chi connectivity index (χ0v) is 20.4. The van der Waals surface area contributed by atoms with Gasteiger partial charge in [-0.3, -0.25) is 4.79 Å². The van der Waals surface area contributed by atoms with Crippen molar-refractivity contribution < 1.29 is 13.2 Å². The highest BCUT2D eigenvalue weighted by Gasteiger charge is 2.25. The van der Waals surface area contributed by atoms with Crippen LogP contribution in [-0.2, 0) is 34.7 Å². The van der Waals surface area contributed by atoms with Gasteiger partial charge in [-0.1, -0.05) is 18.2 Å². The molecule has 8 nitrogen and oxygen atoms in total. The second kappa shape index (κ2) is 9.15. The highest BCUT2D eigenvalue weighted by atomic mass is 32.2. The zero-order chi connectivity index (χ0) is 23.8. The summed E-state index contributed by atoms with van der Waals surface area (Å²) in [5.74, 6) is 0.736. The molecule has 3 aromatic rings. The minimum absolute atomic E-state index is 0.0157. The quantitative estimate of drug-likeness (QED) is 0.547. The summed E-state index contributed by atoms with van der Waals surface area (Å²) >= 11 is 0. The predicted octanol–water partition coefficient (Wildman–Crippen LogP) is 2.32. The first-order valence-corrected chi connectivity index (χ1v) is 12.6. The van der Waals surface area contributed by atoms with Crippen LogP contribution in [0.5, 0.6) is 0 Å². The number of aromatic nitrogens is 2. The monoisotopic (exact) mass is 469 g/mol. The number of fused-ring (bicyclic) bond motifs is 2. The number of imidazole rings is 1. The smallest absolute Gasteiger partial charge is 0.242 e. The SMILES string of the molecule is CC1Cc2ccccc2N1CCNC(=O)CCc1nc2cc(S(=O)(=O)N(C)C)ccc2n1C. The molecule has 1 unspecified atom stereocenters. The van der Waals surface area contributed by atoms with Gasteiger partial charge in [0.2, 0.25) is 15.9 Å². The lowest BCUT2D eigenvalue weighted by atomic mass is 10.1. The number of amides is 1. The second-order valence-electron chi connectivity index (χ2n) is 8.75. The number of benzene rings is 2. The van der Waals surface area contributed by atoms with Crippen LogP contribution < -0.4 is 10.2 Å². The average Bonchev–Trinajstić information content (AvgIpc) is 3.27. The lowest BCUT2D eigenvalue weighted by molar-refractivity contribution is -0.121. The van der Waals surface area contributed by atoms with E-state index in [1.807, 2.05) is 11.6 Å². The van der Waals surface area contributed by atoms with Crippen LogP contribution in [0.15, 0.2) is 47.4 Å². The normalized spacial score (nSPS) is 15.9. The van der Waals surface area contributed by atoms with Gasteiger partial charge in [-0.25, -0.2) is 17.7 Å². The van der Waals surface area contributed by atoms with Crippen molar-refractivity contribution in [2.75, 3.05) is 32.1 Å². The fourth-order valence-corrected chi connectivity index (χ4v) is 5.35. The molecule has 1 aliphatic rings. The number of hydrogen-bond acceptors (Lipinski definition) is 5. The van der Waals surface area contributed by atoms with Crippen molar-refractivity contribution in [1.82, 2.24) is 19.2 Å². The van der Waals surface area contributed by atoms with Crippen LogP contribution in [0.2, 0.25) is 0 Å². The first kappa shape index (κ1) is 23.3. The van der Waals surface area contributed by atoms with E-state index < -0.39 is 10.0 Å². The van der Waals surface area contributed by atoms with Crippen LogP contribution in [0.25, 0.3) is 11.0 Å². The maximum atomic E-state index is 12.5. The number of aryl methyl sites for hydroxylation is 2. The molecule has 2 heterocycles. The number of carbonyl (C=O) groups is 1. The topological polar surface area (TPSA) is 87.5 Å². The van der Waals surface area contributed by atoms with E-state index in [0.29, 0.717) is 30.9 Å². The first-order valence-electron chi connectivity index (χ1n) is 11.2. The minimum atomic E-state index is -3.52. The van der Waals surface area contributed by atoms with Crippen molar-refractivity contribution in [3.8, 4) is 0 Å². The van der Waals surface area contributed by atoms with Gasteiger partial charge in [-0.05, 0) is 43.2 Å². The van der Waals surface area contributed by atoms with Gasteiger partial charge in [-0.2, -0.15) is 0 Å². The van der Waals surface area contributed by atoms with Crippen LogP contribution in [-0.4, -0.2) is 61.4 Å². The summed E-state index contributed by atoms with van der Waals surface area (Å²) < 4.78 is 27.9. The fourth-order valence-electron chi connectivity index (χ4n) is 4.42. The molecule has 1 aliphatic heterocycles. The van der Waals surface area contributed by atoms with E-state index in [9.17, 15) is 13.2 Å². The number of carbonyl (C=O) groups excluding carboxylic acids is 1. The summed E-state index contributed by atoms with van der Waals surface area (Å²) in [6, 6.07) is 13.8. The molecule has 4 rings (SSSR count). The van der Waals surface area contributed by atoms with Crippen LogP contribution in [0, 0.1) is 0 Å². The molecule has 0 fully saturated rings. The summed E-state index contributed by atoms with van der Waals surface area (Å²) in [7, 11) is 1.37. The average molecular weight is 470 g/mol. The van der Waals surface area contributed by atoms with Gasteiger partial charge >= 0.3 is 0 Å². The molecule has 2 aromatic carbocycles. The van der Waals surface area contributed by atoms with E-state index >= 15 is 0 Å². The molecule has 1 aromatic heterocycles. The molecular formula is C24H31N5O3S. The third-order valence-electron chi connectivity index (χ3n) is 6.32. The van der Waals surface area contributed by atoms with Crippen molar-refractivity contribution in [1.29, 1.82) is 0 Å². The van der Waals surface area contributed by atoms with Crippen molar-refractivity contribution in [2.24, 2.45) is 7.05 Å². The second-order valence-corrected chi connectivity index (χ2v) is 10.9. The standard InChI is InChI=1S/C24H31N5O3S/c1-17-15-18-7-5-6-8-21(18)29(17)14-13-25-24(30)12-11-23-26-20-16-19(33(31,32)27(2)3)9-10-22(20)28(23)4/h5-10,16-17H,11-15H2,1-4H3,(H,25,30). The molecule has 0 spiro atoms. The van der Waals surface area contributed by atoms with Gasteiger partial charge in [0.1, 0.15) is 5.82 Å². The molecule has 1 N–H and O–H groups in total. The Hall–Kier alpha value is -2.91. The predicted molar refractivity (Wildman–Crippen MR) is 130 cm³/mol. The van der Waals surface area contributed by atoms with Crippen LogP contribution in [0.3, 0.4) is 0 Å². The Morgan fingerprint density at radius 3 is 2.73 bits per heavy atom. The summed E-state index contributed by atoms with van der Waals surface area (Å²) in [6.45, 7) is 3.58. The molecule has 0 aliphatic carbocycles. The highest BCUT2D eigenvalue weighted by Crippen LogP contribution is 2.31. The first-order chi connectivity index (χ1) is 15.7. The van der Waals surface area contributed by atoms with Gasteiger partial charge in [0, 0.05) is 58.8 Å². The van der Waals surface area contributed by atoms with Gasteiger partial charge in [0.05, 0.1) is 15.9 Å². The number of hydrogen-bond donors (Lipinski definition) is 1. The zero-order valence-electron chi connectivity index (χ0n) is 19.6. The molecule has 0 bridgehead atoms. The Balaban J connectivity index is 1.34. The maximum Gasteiger partial charge on any atom is 0.242 e. The maximum absolute atomic E-state index is 12.5. The van der Waals surface area contributed by atoms with Crippen molar-refractivity contribution in [3.63, 3.8) is 0 Å². The Bertz CT molecular complexity index is 1280. The third-order valence-corrected chi connectivity index (χ3v) is 8.13. The highest BCUT2D eigenvalue weighted by molar-refractivity contribution is 7.89. The van der Waals surface area contributed by atoms with Crippen molar-refractivity contribution in [3.05, 3.63) is 53.9 Å². The van der Waals surface area contributed by atoms with Crippen LogP contribution in [0.1, 0.15) is 24.7 Å². The van der Waals surface area contributed by atoms with E-state index in [1.54, 1.807) is 18.2 Å². The van der Waals surface area contributed by atoms with Gasteiger partial charge in [-0.15, -0.1) is 0 Å². The van der Waals surface area contributed by atoms with E-state index in [0.717, 1.165) is 24.3 Å². The summed E-state index contributed by atoms with van der Waals surface area (Å²) in [6.07, 6.45) is 1.84. The van der Waals surface area contributed by atoms with E-state index in [-0.39, 0.29) is 10.8 Å². The molecule has 1 atom stereocenters. The number of anilines is 1. The van der Waals surface area contributed by atoms with Crippen LogP contribution in [0.4, 0.5) is 5.69 Å². The number of para-hydroxylation sites is 1. The van der Waals surface area contributed by atoms with E-state index in [2.05, 4.69) is 46.4 Å². The molecule has 0 saturated heterocycles. The van der Waals surface area contributed by atoms with E-state index in [4.69, 9.17) is 0 Å². The van der Waals surface area contributed by atoms with Crippen molar-refractivity contribution >= 4 is 32.7 Å². The number of nitrogens with zero attached hydrogens (tertiary/aromatic N) is 4. The van der Waals surface area contributed by atoms with Gasteiger partial charge in [0.25, 0.3) is 0 Å². The summed E-state index contributed by atoms with van der Waals surface area (Å²) in [5.41, 5.74) is 4.07. The molecule has 9 heteroatoms. The Morgan fingerprint density at radius 1 is 1.21 bits per heavy atom. The van der Waals surface area contributed by atoms with E-state index in [1.165, 1.54) is 29.7 Å². The Morgan fingerprint density at radius 2 is 1.97 bits per heavy atom. The molecule has 0 saturated carbocycles. The Labute approximate surface area is 195 Å². The van der Waals surface area contributed by atoms with Crippen molar-refractivity contribution in [2.45, 2.75) is 37.1 Å². The molecule has 0 radical (unpaired) electrons. The number of nitrogens with one attached hydrogen (secondary N) is 1. The molecular weight excluding hydrogens is 438 g/mol. The van der Waals surface area contributed by atoms with Gasteiger partial charge < -0.3 is 14.8 Å². The largest absolute Gasteiger partial charge is 0.367 e. The third kappa shape index (κ3) is 4.60. The number of sulfonamides is 1. The van der Waals surface area contributed by atoms with Crippen LogP contribution >= 0.6 is 0 Å². The lowest BCUT2D eigenvalue weighted by Gasteiger charge is -2.25. The molecule has 1 amide bonds.